The number of nitrogens with one attached hydrogen (secondary N) is 2. The molecule has 0 unspecified atom stereocenters. The van der Waals surface area contributed by atoms with Crippen molar-refractivity contribution in [1.82, 2.24) is 9.88 Å². The molecule has 1 aromatic heterocycles. The van der Waals surface area contributed by atoms with Gasteiger partial charge in [0.2, 0.25) is 0 Å². The van der Waals surface area contributed by atoms with Gasteiger partial charge in [-0.25, -0.2) is 4.79 Å². The minimum Gasteiger partial charge on any atom is -0.465 e. The maximum atomic E-state index is 12.3. The summed E-state index contributed by atoms with van der Waals surface area (Å²) in [5.41, 5.74) is 8.98. The number of rotatable bonds is 2. The Bertz CT molecular complexity index is 738. The first-order valence-corrected chi connectivity index (χ1v) is 6.89. The zero-order chi connectivity index (χ0) is 15.7. The first-order valence-electron chi connectivity index (χ1n) is 6.89. The molecular formula is C15H16N4O3. The second kappa shape index (κ2) is 5.44. The van der Waals surface area contributed by atoms with E-state index in [9.17, 15) is 9.59 Å². The van der Waals surface area contributed by atoms with E-state index in [1.807, 2.05) is 0 Å². The molecule has 0 bridgehead atoms. The largest absolute Gasteiger partial charge is 0.465 e. The summed E-state index contributed by atoms with van der Waals surface area (Å²) in [5, 5.41) is 11.8. The number of nitrogens with two attached hydrogens (primary N) is 1. The highest BCUT2D eigenvalue weighted by Gasteiger charge is 2.23. The molecule has 1 aromatic carbocycles. The van der Waals surface area contributed by atoms with E-state index in [0.29, 0.717) is 30.0 Å². The molecule has 2 amide bonds. The summed E-state index contributed by atoms with van der Waals surface area (Å²) in [6, 6.07) is 8.78. The fourth-order valence-electron chi connectivity index (χ4n) is 2.52. The lowest BCUT2D eigenvalue weighted by Crippen LogP contribution is -2.34. The number of nitrogen functional groups attached to an aromatic ring is 1. The van der Waals surface area contributed by atoms with Crippen molar-refractivity contribution >= 4 is 23.4 Å². The molecule has 7 heteroatoms. The smallest absolute Gasteiger partial charge is 0.407 e. The van der Waals surface area contributed by atoms with E-state index in [0.717, 1.165) is 11.3 Å². The Morgan fingerprint density at radius 2 is 2.09 bits per heavy atom. The number of hydrogen-bond acceptors (Lipinski definition) is 3. The van der Waals surface area contributed by atoms with E-state index in [1.165, 1.54) is 4.90 Å². The lowest BCUT2D eigenvalue weighted by Gasteiger charge is -2.23. The molecule has 0 atom stereocenters. The summed E-state index contributed by atoms with van der Waals surface area (Å²) < 4.78 is 0. The number of amides is 2. The van der Waals surface area contributed by atoms with Gasteiger partial charge in [0, 0.05) is 12.2 Å². The molecular weight excluding hydrogens is 284 g/mol. The van der Waals surface area contributed by atoms with Crippen molar-refractivity contribution in [2.24, 2.45) is 0 Å². The van der Waals surface area contributed by atoms with E-state index in [2.05, 4.69) is 10.3 Å². The van der Waals surface area contributed by atoms with Crippen molar-refractivity contribution in [2.45, 2.75) is 13.0 Å². The number of aromatic nitrogens is 1. The van der Waals surface area contributed by atoms with Gasteiger partial charge >= 0.3 is 6.09 Å². The van der Waals surface area contributed by atoms with Crippen molar-refractivity contribution in [3.63, 3.8) is 0 Å². The number of carboxylic acid groups (broad SMARTS) is 1. The normalized spacial score (nSPS) is 13.5. The highest BCUT2D eigenvalue weighted by Crippen LogP contribution is 2.22. The van der Waals surface area contributed by atoms with Gasteiger partial charge in [-0.2, -0.15) is 0 Å². The van der Waals surface area contributed by atoms with Crippen LogP contribution in [0.5, 0.6) is 0 Å². The highest BCUT2D eigenvalue weighted by atomic mass is 16.4. The van der Waals surface area contributed by atoms with Gasteiger partial charge in [-0.05, 0) is 30.2 Å². The Morgan fingerprint density at radius 3 is 2.82 bits per heavy atom. The summed E-state index contributed by atoms with van der Waals surface area (Å²) in [5.74, 6) is -0.297. The number of anilines is 2. The topological polar surface area (TPSA) is 111 Å². The van der Waals surface area contributed by atoms with Crippen LogP contribution in [0.4, 0.5) is 16.2 Å². The molecule has 7 nitrogen and oxygen atoms in total. The molecule has 0 fully saturated rings. The van der Waals surface area contributed by atoms with E-state index < -0.39 is 6.09 Å². The molecule has 0 radical (unpaired) electrons. The van der Waals surface area contributed by atoms with Gasteiger partial charge in [0.1, 0.15) is 5.69 Å². The van der Waals surface area contributed by atoms with E-state index in [1.54, 1.807) is 30.3 Å². The Morgan fingerprint density at radius 1 is 1.32 bits per heavy atom. The minimum atomic E-state index is -0.955. The van der Waals surface area contributed by atoms with Crippen molar-refractivity contribution in [1.29, 1.82) is 0 Å². The maximum absolute atomic E-state index is 12.3. The lowest BCUT2D eigenvalue weighted by molar-refractivity contribution is 0.102. The first kappa shape index (κ1) is 14.0. The Labute approximate surface area is 126 Å². The molecule has 3 rings (SSSR count). The van der Waals surface area contributed by atoms with Gasteiger partial charge in [0.25, 0.3) is 5.91 Å². The van der Waals surface area contributed by atoms with Crippen LogP contribution < -0.4 is 11.1 Å². The molecule has 0 aliphatic carbocycles. The fraction of sp³-hybridized carbons (Fsp3) is 0.200. The first-order chi connectivity index (χ1) is 10.5. The lowest BCUT2D eigenvalue weighted by atomic mass is 10.1. The van der Waals surface area contributed by atoms with Gasteiger partial charge in [-0.3, -0.25) is 4.79 Å². The summed E-state index contributed by atoms with van der Waals surface area (Å²) >= 11 is 0. The van der Waals surface area contributed by atoms with E-state index >= 15 is 0 Å². The third kappa shape index (κ3) is 2.60. The quantitative estimate of drug-likeness (QED) is 0.634. The van der Waals surface area contributed by atoms with Gasteiger partial charge in [0.15, 0.2) is 0 Å². The zero-order valence-electron chi connectivity index (χ0n) is 11.8. The molecule has 0 spiro atoms. The van der Waals surface area contributed by atoms with Crippen LogP contribution in [-0.2, 0) is 13.0 Å². The molecule has 22 heavy (non-hydrogen) atoms. The van der Waals surface area contributed by atoms with Crippen molar-refractivity contribution in [2.75, 3.05) is 17.6 Å². The van der Waals surface area contributed by atoms with Gasteiger partial charge in [0.05, 0.1) is 17.9 Å². The van der Waals surface area contributed by atoms with E-state index in [-0.39, 0.29) is 12.5 Å². The van der Waals surface area contributed by atoms with Gasteiger partial charge in [-0.15, -0.1) is 0 Å². The van der Waals surface area contributed by atoms with Crippen molar-refractivity contribution < 1.29 is 14.7 Å². The molecule has 2 aromatic rings. The van der Waals surface area contributed by atoms with Crippen LogP contribution >= 0.6 is 0 Å². The second-order valence-corrected chi connectivity index (χ2v) is 5.18. The Balaban J connectivity index is 1.78. The summed E-state index contributed by atoms with van der Waals surface area (Å²) in [6.07, 6.45) is -0.359. The number of fused-ring (bicyclic) bond motifs is 1. The number of aromatic amines is 1. The van der Waals surface area contributed by atoms with Gasteiger partial charge < -0.3 is 26.0 Å². The maximum Gasteiger partial charge on any atom is 0.407 e. The van der Waals surface area contributed by atoms with Crippen molar-refractivity contribution in [3.8, 4) is 0 Å². The number of nitrogens with zero attached hydrogens (tertiary/aromatic N) is 1. The Kier molecular flexibility index (Phi) is 3.46. The van der Waals surface area contributed by atoms with Crippen LogP contribution in [0.2, 0.25) is 0 Å². The number of benzene rings is 1. The molecule has 5 N–H and O–H groups in total. The molecule has 0 saturated heterocycles. The number of H-pyrrole nitrogens is 1. The van der Waals surface area contributed by atoms with E-state index in [4.69, 9.17) is 10.8 Å². The number of carbonyl (C=O) groups excluding carboxylic acids is 1. The van der Waals surface area contributed by atoms with Gasteiger partial charge in [-0.1, -0.05) is 12.1 Å². The highest BCUT2D eigenvalue weighted by molar-refractivity contribution is 6.04. The SMILES string of the molecule is Nc1ccccc1NC(=O)c1cc2c([nH]1)CN(C(=O)O)CC2. The number of carbonyl (C=O) groups is 2. The van der Waals surface area contributed by atoms with Crippen LogP contribution in [0.3, 0.4) is 0 Å². The molecule has 1 aliphatic heterocycles. The Hall–Kier alpha value is -2.96. The molecule has 1 aliphatic rings. The molecule has 0 saturated carbocycles. The summed E-state index contributed by atoms with van der Waals surface area (Å²) in [4.78, 5) is 27.6. The molecule has 2 heterocycles. The third-order valence-corrected chi connectivity index (χ3v) is 3.72. The fourth-order valence-corrected chi connectivity index (χ4v) is 2.52. The van der Waals surface area contributed by atoms with Crippen LogP contribution in [0.15, 0.2) is 30.3 Å². The third-order valence-electron chi connectivity index (χ3n) is 3.72. The minimum absolute atomic E-state index is 0.269. The summed E-state index contributed by atoms with van der Waals surface area (Å²) in [7, 11) is 0. The van der Waals surface area contributed by atoms with Crippen LogP contribution in [0.1, 0.15) is 21.7 Å². The predicted octanol–water partition coefficient (Wildman–Crippen LogP) is 1.89. The second-order valence-electron chi connectivity index (χ2n) is 5.18. The van der Waals surface area contributed by atoms with Crippen LogP contribution in [0.25, 0.3) is 0 Å². The zero-order valence-corrected chi connectivity index (χ0v) is 11.8. The monoisotopic (exact) mass is 300 g/mol. The molecule has 114 valence electrons. The number of para-hydroxylation sites is 2. The summed E-state index contributed by atoms with van der Waals surface area (Å²) in [6.45, 7) is 0.707. The van der Waals surface area contributed by atoms with Crippen LogP contribution in [-0.4, -0.2) is 33.5 Å². The standard InChI is InChI=1S/C15H16N4O3/c16-10-3-1-2-4-11(10)18-14(20)12-7-9-5-6-19(15(21)22)8-13(9)17-12/h1-4,7,17H,5-6,8,16H2,(H,18,20)(H,21,22). The average Bonchev–Trinajstić information content (AvgIpc) is 2.92. The predicted molar refractivity (Wildman–Crippen MR) is 81.7 cm³/mol. The average molecular weight is 300 g/mol. The van der Waals surface area contributed by atoms with Crippen LogP contribution in [0, 0.1) is 0 Å². The number of hydrogen-bond donors (Lipinski definition) is 4. The van der Waals surface area contributed by atoms with Crippen molar-refractivity contribution in [3.05, 3.63) is 47.3 Å².